The standard InChI is InChI=1S/C92H180O17P2/c1-6-9-12-15-18-21-23-25-27-29-31-32-33-35-41-45-49-53-58-63-68-73-78-92(97)109-88(82-103-90(95)76-71-66-61-56-51-47-43-39-37-36-38-42-46-50-55-59-64-69-74-85(4)5)84-107-111(100,101)105-80-86(93)79-104-110(98,99)106-83-87(81-102-89(94)75-70-65-60-54-20-17-14-11-8-3)108-91(96)77-72-67-62-57-52-48-44-40-34-30-28-26-24-22-19-16-13-10-7-2/h85-88,93H,6-84H2,1-5H3,(H,98,99)(H,100,101)/t86-,87+,88+/m0/s1. The number of esters is 4. The lowest BCUT2D eigenvalue weighted by Gasteiger charge is -2.21. The van der Waals surface area contributed by atoms with E-state index in [1.807, 2.05) is 0 Å². The zero-order chi connectivity index (χ0) is 81.1. The fourth-order valence-corrected chi connectivity index (χ4v) is 16.1. The molecule has 0 aliphatic carbocycles. The number of carbonyl (C=O) groups excluding carboxylic acids is 4. The first-order chi connectivity index (χ1) is 54.0. The van der Waals surface area contributed by atoms with Gasteiger partial charge in [-0.15, -0.1) is 0 Å². The van der Waals surface area contributed by atoms with E-state index in [4.69, 9.17) is 37.0 Å². The quantitative estimate of drug-likeness (QED) is 0.0222. The number of hydrogen-bond acceptors (Lipinski definition) is 15. The van der Waals surface area contributed by atoms with Crippen molar-refractivity contribution in [1.82, 2.24) is 0 Å². The van der Waals surface area contributed by atoms with Crippen LogP contribution in [0.4, 0.5) is 0 Å². The molecule has 17 nitrogen and oxygen atoms in total. The predicted octanol–water partition coefficient (Wildman–Crippen LogP) is 28.7. The average Bonchev–Trinajstić information content (AvgIpc) is 0.899. The molecule has 111 heavy (non-hydrogen) atoms. The van der Waals surface area contributed by atoms with Crippen molar-refractivity contribution < 1.29 is 80.2 Å². The maximum atomic E-state index is 13.2. The molecule has 660 valence electrons. The average molecular weight is 1620 g/mol. The molecule has 2 unspecified atom stereocenters. The second kappa shape index (κ2) is 84.5. The number of phosphoric ester groups is 2. The Morgan fingerprint density at radius 1 is 0.243 bits per heavy atom. The Bertz CT molecular complexity index is 2100. The molecule has 0 saturated carbocycles. The number of aliphatic hydroxyl groups excluding tert-OH is 1. The van der Waals surface area contributed by atoms with Crippen molar-refractivity contribution in [2.75, 3.05) is 39.6 Å². The Labute approximate surface area is 683 Å². The molecule has 0 fully saturated rings. The Balaban J connectivity index is 5.18. The lowest BCUT2D eigenvalue weighted by atomic mass is 10.0. The molecule has 0 heterocycles. The summed E-state index contributed by atoms with van der Waals surface area (Å²) in [5.74, 6) is -1.27. The van der Waals surface area contributed by atoms with E-state index in [9.17, 15) is 43.2 Å². The molecular weight excluding hydrogens is 1440 g/mol. The van der Waals surface area contributed by atoms with E-state index >= 15 is 0 Å². The summed E-state index contributed by atoms with van der Waals surface area (Å²) in [6.45, 7) is 7.42. The number of hydrogen-bond donors (Lipinski definition) is 3. The van der Waals surface area contributed by atoms with Crippen molar-refractivity contribution in [1.29, 1.82) is 0 Å². The van der Waals surface area contributed by atoms with Crippen molar-refractivity contribution in [2.24, 2.45) is 5.92 Å². The van der Waals surface area contributed by atoms with Gasteiger partial charge in [0.05, 0.1) is 26.4 Å². The van der Waals surface area contributed by atoms with Crippen LogP contribution in [0.25, 0.3) is 0 Å². The van der Waals surface area contributed by atoms with Gasteiger partial charge in [-0.25, -0.2) is 9.13 Å². The van der Waals surface area contributed by atoms with Crippen LogP contribution in [0.5, 0.6) is 0 Å². The summed E-state index contributed by atoms with van der Waals surface area (Å²) in [7, 11) is -9.93. The summed E-state index contributed by atoms with van der Waals surface area (Å²) in [5, 5.41) is 10.7. The summed E-state index contributed by atoms with van der Waals surface area (Å²) < 4.78 is 69.0. The van der Waals surface area contributed by atoms with Crippen LogP contribution in [0.2, 0.25) is 0 Å². The van der Waals surface area contributed by atoms with Crippen LogP contribution in [0.15, 0.2) is 0 Å². The van der Waals surface area contributed by atoms with Crippen LogP contribution >= 0.6 is 15.6 Å². The molecule has 3 N–H and O–H groups in total. The van der Waals surface area contributed by atoms with E-state index in [2.05, 4.69) is 34.6 Å². The zero-order valence-corrected chi connectivity index (χ0v) is 74.9. The first-order valence-electron chi connectivity index (χ1n) is 47.6. The molecule has 19 heteroatoms. The highest BCUT2D eigenvalue weighted by molar-refractivity contribution is 7.47. The van der Waals surface area contributed by atoms with Gasteiger partial charge >= 0.3 is 39.5 Å². The molecule has 0 aromatic rings. The summed E-state index contributed by atoms with van der Waals surface area (Å²) in [5.41, 5.74) is 0. The fourth-order valence-electron chi connectivity index (χ4n) is 14.5. The van der Waals surface area contributed by atoms with Crippen LogP contribution in [-0.2, 0) is 65.4 Å². The Morgan fingerprint density at radius 3 is 0.613 bits per heavy atom. The fraction of sp³-hybridized carbons (Fsp3) is 0.957. The number of aliphatic hydroxyl groups is 1. The molecule has 0 bridgehead atoms. The second-order valence-corrected chi connectivity index (χ2v) is 36.4. The van der Waals surface area contributed by atoms with E-state index in [1.54, 1.807) is 0 Å². The van der Waals surface area contributed by atoms with Crippen molar-refractivity contribution in [2.45, 2.75) is 522 Å². The van der Waals surface area contributed by atoms with Crippen molar-refractivity contribution >= 4 is 39.5 Å². The van der Waals surface area contributed by atoms with Gasteiger partial charge in [-0.1, -0.05) is 452 Å². The van der Waals surface area contributed by atoms with Crippen molar-refractivity contribution in [3.8, 4) is 0 Å². The first-order valence-corrected chi connectivity index (χ1v) is 50.6. The number of carbonyl (C=O) groups is 4. The molecule has 0 spiro atoms. The van der Waals surface area contributed by atoms with Gasteiger partial charge in [0, 0.05) is 25.7 Å². The molecule has 0 aromatic heterocycles. The van der Waals surface area contributed by atoms with Gasteiger partial charge in [0.25, 0.3) is 0 Å². The van der Waals surface area contributed by atoms with Crippen LogP contribution < -0.4 is 0 Å². The minimum atomic E-state index is -4.97. The van der Waals surface area contributed by atoms with Gasteiger partial charge < -0.3 is 33.8 Å². The molecular formula is C92H180O17P2. The number of phosphoric acid groups is 2. The number of ether oxygens (including phenoxy) is 4. The normalized spacial score (nSPS) is 13.7. The number of unbranched alkanes of at least 4 members (excludes halogenated alkanes) is 64. The van der Waals surface area contributed by atoms with Gasteiger partial charge in [0.2, 0.25) is 0 Å². The zero-order valence-electron chi connectivity index (χ0n) is 73.1. The minimum absolute atomic E-state index is 0.109. The molecule has 0 radical (unpaired) electrons. The lowest BCUT2D eigenvalue weighted by molar-refractivity contribution is -0.161. The van der Waals surface area contributed by atoms with E-state index in [0.717, 1.165) is 95.8 Å². The van der Waals surface area contributed by atoms with Crippen molar-refractivity contribution in [3.63, 3.8) is 0 Å². The van der Waals surface area contributed by atoms with Crippen LogP contribution in [0.1, 0.15) is 503 Å². The largest absolute Gasteiger partial charge is 0.472 e. The minimum Gasteiger partial charge on any atom is -0.462 e. The van der Waals surface area contributed by atoms with Crippen molar-refractivity contribution in [3.05, 3.63) is 0 Å². The van der Waals surface area contributed by atoms with Crippen LogP contribution in [0.3, 0.4) is 0 Å². The molecule has 0 rings (SSSR count). The SMILES string of the molecule is CCCCCCCCCCCCCCCCCCCCCCCCC(=O)O[C@H](COC(=O)CCCCCCCCCCCCCCCCCCCCC(C)C)COP(=O)(O)OC[C@@H](O)COP(=O)(O)OC[C@@H](COC(=O)CCCCCCCCCCC)OC(=O)CCCCCCCCCCCCCCCCCCCCC. The molecule has 5 atom stereocenters. The molecule has 0 aliphatic rings. The molecule has 0 aromatic carbocycles. The topological polar surface area (TPSA) is 237 Å². The monoisotopic (exact) mass is 1620 g/mol. The Kier molecular flexibility index (Phi) is 83.0. The van der Waals surface area contributed by atoms with Gasteiger partial charge in [0.1, 0.15) is 19.3 Å². The highest BCUT2D eigenvalue weighted by atomic mass is 31.2. The Hall–Kier alpha value is -1.94. The third-order valence-electron chi connectivity index (χ3n) is 21.8. The lowest BCUT2D eigenvalue weighted by Crippen LogP contribution is -2.30. The van der Waals surface area contributed by atoms with Crippen LogP contribution in [0, 0.1) is 5.92 Å². The summed E-state index contributed by atoms with van der Waals surface area (Å²) in [6.07, 6.45) is 80.8. The van der Waals surface area contributed by atoms with Gasteiger partial charge in [0.15, 0.2) is 12.2 Å². The van der Waals surface area contributed by atoms with E-state index in [1.165, 1.54) is 327 Å². The second-order valence-electron chi connectivity index (χ2n) is 33.5. The first kappa shape index (κ1) is 109. The highest BCUT2D eigenvalue weighted by Crippen LogP contribution is 2.45. The maximum Gasteiger partial charge on any atom is 0.472 e. The third-order valence-corrected chi connectivity index (χ3v) is 23.7. The highest BCUT2D eigenvalue weighted by Gasteiger charge is 2.31. The Morgan fingerprint density at radius 2 is 0.414 bits per heavy atom. The molecule has 0 aliphatic heterocycles. The van der Waals surface area contributed by atoms with E-state index < -0.39 is 97.5 Å². The molecule has 0 saturated heterocycles. The van der Waals surface area contributed by atoms with Gasteiger partial charge in [-0.3, -0.25) is 37.3 Å². The predicted molar refractivity (Wildman–Crippen MR) is 460 cm³/mol. The smallest absolute Gasteiger partial charge is 0.462 e. The van der Waals surface area contributed by atoms with Crippen LogP contribution in [-0.4, -0.2) is 96.7 Å². The third kappa shape index (κ3) is 85.8. The molecule has 0 amide bonds. The maximum absolute atomic E-state index is 13.2. The van der Waals surface area contributed by atoms with E-state index in [-0.39, 0.29) is 25.7 Å². The van der Waals surface area contributed by atoms with E-state index in [0.29, 0.717) is 25.7 Å². The number of rotatable bonds is 92. The summed E-state index contributed by atoms with van der Waals surface area (Å²) in [6, 6.07) is 0. The summed E-state index contributed by atoms with van der Waals surface area (Å²) >= 11 is 0. The van der Waals surface area contributed by atoms with Gasteiger partial charge in [-0.2, -0.15) is 0 Å². The summed E-state index contributed by atoms with van der Waals surface area (Å²) in [4.78, 5) is 73.4. The van der Waals surface area contributed by atoms with Gasteiger partial charge in [-0.05, 0) is 31.6 Å².